The van der Waals surface area contributed by atoms with Gasteiger partial charge < -0.3 is 26.7 Å². The fourth-order valence-corrected chi connectivity index (χ4v) is 3.09. The van der Waals surface area contributed by atoms with Gasteiger partial charge in [0.15, 0.2) is 12.1 Å². The van der Waals surface area contributed by atoms with Gasteiger partial charge in [-0.05, 0) is 25.5 Å². The number of nitrogens with two attached hydrogens (primary N) is 3. The molecular weight excluding hydrogens is 466 g/mol. The maximum absolute atomic E-state index is 14.2. The van der Waals surface area contributed by atoms with Crippen LogP contribution in [0.1, 0.15) is 24.5 Å². The van der Waals surface area contributed by atoms with Crippen LogP contribution in [0.15, 0.2) is 59.6 Å². The minimum absolute atomic E-state index is 0.0803. The lowest BCUT2D eigenvalue weighted by Gasteiger charge is -2.21. The molecule has 0 atom stereocenters. The maximum Gasteiger partial charge on any atom is 0.164 e. The van der Waals surface area contributed by atoms with Gasteiger partial charge in [-0.25, -0.2) is 19.6 Å². The Morgan fingerprint density at radius 1 is 1.22 bits per heavy atom. The topological polar surface area (TPSA) is 139 Å². The fourth-order valence-electron chi connectivity index (χ4n) is 3.09. The normalized spacial score (nSPS) is 11.6. The van der Waals surface area contributed by atoms with Crippen molar-refractivity contribution in [3.63, 3.8) is 0 Å². The first-order valence-electron chi connectivity index (χ1n) is 11.3. The quantitative estimate of drug-likeness (QED) is 0.121. The number of carbonyl (C=O) groups excluding carboxylic acids is 1. The van der Waals surface area contributed by atoms with Gasteiger partial charge in [-0.1, -0.05) is 12.1 Å². The van der Waals surface area contributed by atoms with E-state index in [1.807, 2.05) is 6.92 Å². The van der Waals surface area contributed by atoms with E-state index in [1.54, 1.807) is 50.3 Å². The standard InChI is InChI=1S/C22H27F2N5O.C3H9N3/c1-4-26-22-10-21(19(24)13-28-22)29(3)9-8-20(16(11-25)14-30)27-12-17-15(2)6-5-7-18(17)23;1-6(5)3-2-4/h5-7,10-11,13-14H,4,8-9,12,25H2,1-3H3,(H,26,28);2-3H,4-5H2,1H3/b16-11-,27-20?;3-2-. The zero-order valence-corrected chi connectivity index (χ0v) is 21.2. The smallest absolute Gasteiger partial charge is 0.164 e. The number of allylic oxidation sites excluding steroid dienone is 1. The number of benzene rings is 1. The van der Waals surface area contributed by atoms with Crippen molar-refractivity contribution in [3.8, 4) is 0 Å². The summed E-state index contributed by atoms with van der Waals surface area (Å²) in [5.74, 6) is 4.83. The number of carbonyl (C=O) groups is 1. The molecule has 1 aromatic heterocycles. The second-order valence-corrected chi connectivity index (χ2v) is 7.77. The highest BCUT2D eigenvalue weighted by molar-refractivity contribution is 6.14. The Bertz CT molecular complexity index is 1050. The number of aryl methyl sites for hydroxylation is 1. The van der Waals surface area contributed by atoms with Gasteiger partial charge in [0.05, 0.1) is 24.0 Å². The molecule has 196 valence electrons. The van der Waals surface area contributed by atoms with E-state index in [0.29, 0.717) is 48.6 Å². The maximum atomic E-state index is 14.2. The van der Waals surface area contributed by atoms with Gasteiger partial charge in [-0.15, -0.1) is 0 Å². The van der Waals surface area contributed by atoms with Crippen LogP contribution in [0.3, 0.4) is 0 Å². The number of anilines is 2. The average molecular weight is 503 g/mol. The van der Waals surface area contributed by atoms with Crippen molar-refractivity contribution in [2.24, 2.45) is 22.3 Å². The first-order valence-corrected chi connectivity index (χ1v) is 11.3. The van der Waals surface area contributed by atoms with Gasteiger partial charge in [0.1, 0.15) is 11.6 Å². The predicted molar refractivity (Wildman–Crippen MR) is 142 cm³/mol. The molecule has 0 unspecified atom stereocenters. The van der Waals surface area contributed by atoms with Crippen LogP contribution in [-0.2, 0) is 11.3 Å². The molecule has 0 amide bonds. The van der Waals surface area contributed by atoms with Gasteiger partial charge in [0.2, 0.25) is 0 Å². The van der Waals surface area contributed by atoms with Gasteiger partial charge in [0, 0.05) is 69.5 Å². The number of pyridine rings is 1. The third kappa shape index (κ3) is 9.71. The number of aldehydes is 1. The Kier molecular flexibility index (Phi) is 13.2. The van der Waals surface area contributed by atoms with Gasteiger partial charge in [-0.2, -0.15) is 0 Å². The summed E-state index contributed by atoms with van der Waals surface area (Å²) in [6, 6.07) is 6.43. The highest BCUT2D eigenvalue weighted by atomic mass is 19.1. The number of halogens is 2. The molecule has 0 bridgehead atoms. The monoisotopic (exact) mass is 502 g/mol. The number of rotatable bonds is 11. The highest BCUT2D eigenvalue weighted by Crippen LogP contribution is 2.21. The van der Waals surface area contributed by atoms with Crippen molar-refractivity contribution >= 4 is 23.5 Å². The number of aromatic nitrogens is 1. The Labute approximate surface area is 211 Å². The van der Waals surface area contributed by atoms with Crippen LogP contribution in [-0.4, -0.2) is 49.2 Å². The molecule has 0 saturated carbocycles. The van der Waals surface area contributed by atoms with Crippen molar-refractivity contribution in [3.05, 3.63) is 77.4 Å². The number of nitrogens with one attached hydrogen (secondary N) is 1. The molecule has 0 saturated heterocycles. The molecule has 36 heavy (non-hydrogen) atoms. The minimum Gasteiger partial charge on any atom is -0.404 e. The van der Waals surface area contributed by atoms with Crippen molar-refractivity contribution in [1.29, 1.82) is 0 Å². The molecule has 0 aliphatic rings. The molecule has 0 radical (unpaired) electrons. The SMILES string of the molecule is CCNc1cc(N(C)CCC(=NCc2c(C)cccc2F)/C(C=O)=C\N)c(F)cn1.CN(N)/C=C\N. The second-order valence-electron chi connectivity index (χ2n) is 7.77. The van der Waals surface area contributed by atoms with Crippen LogP contribution in [0.2, 0.25) is 0 Å². The van der Waals surface area contributed by atoms with Crippen LogP contribution in [0.5, 0.6) is 0 Å². The molecule has 7 N–H and O–H groups in total. The predicted octanol–water partition coefficient (Wildman–Crippen LogP) is 2.83. The van der Waals surface area contributed by atoms with Crippen molar-refractivity contribution < 1.29 is 13.6 Å². The lowest BCUT2D eigenvalue weighted by Crippen LogP contribution is -2.23. The second kappa shape index (κ2) is 15.8. The van der Waals surface area contributed by atoms with Crippen LogP contribution in [0, 0.1) is 18.6 Å². The number of hydrazine groups is 1. The van der Waals surface area contributed by atoms with Gasteiger partial charge in [0.25, 0.3) is 0 Å². The van der Waals surface area contributed by atoms with E-state index < -0.39 is 5.82 Å². The molecular formula is C25H36F2N8O. The summed E-state index contributed by atoms with van der Waals surface area (Å²) in [6.45, 7) is 4.84. The minimum atomic E-state index is -0.454. The van der Waals surface area contributed by atoms with Crippen molar-refractivity contribution in [2.75, 3.05) is 37.4 Å². The summed E-state index contributed by atoms with van der Waals surface area (Å²) in [6.07, 6.45) is 6.21. The average Bonchev–Trinajstić information content (AvgIpc) is 2.83. The molecule has 0 spiro atoms. The van der Waals surface area contributed by atoms with Crippen molar-refractivity contribution in [1.82, 2.24) is 9.99 Å². The van der Waals surface area contributed by atoms with Crippen LogP contribution < -0.4 is 27.5 Å². The molecule has 0 fully saturated rings. The van der Waals surface area contributed by atoms with E-state index >= 15 is 0 Å². The molecule has 2 aromatic rings. The Morgan fingerprint density at radius 2 is 1.94 bits per heavy atom. The zero-order valence-electron chi connectivity index (χ0n) is 21.2. The number of hydrogen-bond donors (Lipinski definition) is 4. The molecule has 1 heterocycles. The lowest BCUT2D eigenvalue weighted by molar-refractivity contribution is -0.104. The first kappa shape index (κ1) is 30.0. The summed E-state index contributed by atoms with van der Waals surface area (Å²) in [7, 11) is 3.43. The van der Waals surface area contributed by atoms with E-state index in [1.165, 1.54) is 23.5 Å². The molecule has 11 heteroatoms. The summed E-state index contributed by atoms with van der Waals surface area (Å²) < 4.78 is 28.3. The third-order valence-electron chi connectivity index (χ3n) is 5.03. The third-order valence-corrected chi connectivity index (χ3v) is 5.03. The van der Waals surface area contributed by atoms with E-state index in [2.05, 4.69) is 15.3 Å². The molecule has 2 rings (SSSR count). The van der Waals surface area contributed by atoms with Crippen molar-refractivity contribution in [2.45, 2.75) is 26.8 Å². The van der Waals surface area contributed by atoms with E-state index in [-0.39, 0.29) is 17.9 Å². The lowest BCUT2D eigenvalue weighted by atomic mass is 10.1. The molecule has 0 aliphatic heterocycles. The van der Waals surface area contributed by atoms with E-state index in [0.717, 1.165) is 11.8 Å². The van der Waals surface area contributed by atoms with E-state index in [9.17, 15) is 13.6 Å². The molecule has 9 nitrogen and oxygen atoms in total. The van der Waals surface area contributed by atoms with Crippen LogP contribution in [0.4, 0.5) is 20.3 Å². The number of nitrogens with zero attached hydrogens (tertiary/aromatic N) is 4. The zero-order chi connectivity index (χ0) is 27.1. The Morgan fingerprint density at radius 3 is 2.47 bits per heavy atom. The number of hydrogen-bond acceptors (Lipinski definition) is 9. The summed E-state index contributed by atoms with van der Waals surface area (Å²) in [4.78, 5) is 21.6. The van der Waals surface area contributed by atoms with Crippen LogP contribution >= 0.6 is 0 Å². The largest absolute Gasteiger partial charge is 0.404 e. The number of aliphatic imine (C=N–C) groups is 1. The van der Waals surface area contributed by atoms with Gasteiger partial charge >= 0.3 is 0 Å². The summed E-state index contributed by atoms with van der Waals surface area (Å²) in [5, 5.41) is 4.42. The summed E-state index contributed by atoms with van der Waals surface area (Å²) in [5.41, 5.74) is 12.8. The Balaban J connectivity index is 0.000000960. The fraction of sp³-hybridized carbons (Fsp3) is 0.320. The van der Waals surface area contributed by atoms with E-state index in [4.69, 9.17) is 17.3 Å². The molecule has 1 aromatic carbocycles. The van der Waals surface area contributed by atoms with Crippen LogP contribution in [0.25, 0.3) is 0 Å². The Hall–Kier alpha value is -3.99. The van der Waals surface area contributed by atoms with Gasteiger partial charge in [-0.3, -0.25) is 9.79 Å². The molecule has 0 aliphatic carbocycles. The summed E-state index contributed by atoms with van der Waals surface area (Å²) >= 11 is 0. The first-order chi connectivity index (χ1) is 17.2. The highest BCUT2D eigenvalue weighted by Gasteiger charge is 2.13.